The van der Waals surface area contributed by atoms with Crippen molar-refractivity contribution in [1.82, 2.24) is 15.5 Å². The Morgan fingerprint density at radius 1 is 1.13 bits per heavy atom. The molecule has 3 rings (SSSR count). The zero-order valence-corrected chi connectivity index (χ0v) is 19.2. The first-order valence-corrected chi connectivity index (χ1v) is 11.6. The first-order chi connectivity index (χ1) is 14.9. The summed E-state index contributed by atoms with van der Waals surface area (Å²) in [4.78, 5) is 31.4. The molecule has 0 radical (unpaired) electrons. The van der Waals surface area contributed by atoms with Crippen molar-refractivity contribution >= 4 is 23.5 Å². The molecule has 0 aliphatic heterocycles. The molecule has 1 aromatic carbocycles. The Labute approximate surface area is 186 Å². The second kappa shape index (κ2) is 10.6. The van der Waals surface area contributed by atoms with E-state index in [1.54, 1.807) is 4.90 Å². The van der Waals surface area contributed by atoms with Gasteiger partial charge in [0.25, 0.3) is 0 Å². The summed E-state index contributed by atoms with van der Waals surface area (Å²) in [5, 5.41) is 9.72. The van der Waals surface area contributed by atoms with E-state index in [0.717, 1.165) is 62.7 Å². The molecule has 0 unspecified atom stereocenters. The highest BCUT2D eigenvalue weighted by molar-refractivity contribution is 5.93. The third-order valence-corrected chi connectivity index (χ3v) is 6.45. The zero-order valence-electron chi connectivity index (χ0n) is 19.2. The lowest BCUT2D eigenvalue weighted by atomic mass is 9.84. The molecule has 2 fully saturated rings. The molecule has 3 N–H and O–H groups in total. The predicted molar refractivity (Wildman–Crippen MR) is 125 cm³/mol. The molecule has 7 heteroatoms. The van der Waals surface area contributed by atoms with Crippen LogP contribution in [0.2, 0.25) is 0 Å². The summed E-state index contributed by atoms with van der Waals surface area (Å²) in [6.45, 7) is 3.87. The second-order valence-electron chi connectivity index (χ2n) is 9.05. The first kappa shape index (κ1) is 23.1. The Balaban J connectivity index is 1.62. The van der Waals surface area contributed by atoms with Crippen molar-refractivity contribution < 1.29 is 9.59 Å². The highest BCUT2D eigenvalue weighted by Gasteiger charge is 2.42. The molecule has 2 aliphatic rings. The summed E-state index contributed by atoms with van der Waals surface area (Å²) in [5.41, 5.74) is 1.51. The number of aliphatic imine (C=N–C) groups is 1. The number of rotatable bonds is 8. The summed E-state index contributed by atoms with van der Waals surface area (Å²) in [7, 11) is 3.66. The largest absolute Gasteiger partial charge is 0.357 e. The van der Waals surface area contributed by atoms with E-state index in [2.05, 4.69) is 16.0 Å². The molecule has 0 aromatic heterocycles. The van der Waals surface area contributed by atoms with E-state index in [9.17, 15) is 9.59 Å². The van der Waals surface area contributed by atoms with Gasteiger partial charge >= 0.3 is 0 Å². The van der Waals surface area contributed by atoms with Gasteiger partial charge in [-0.25, -0.2) is 4.99 Å². The van der Waals surface area contributed by atoms with Crippen molar-refractivity contribution in [3.8, 4) is 0 Å². The van der Waals surface area contributed by atoms with Crippen LogP contribution < -0.4 is 16.0 Å². The molecular formula is C24H37N5O2. The fraction of sp³-hybridized carbons (Fsp3) is 0.625. The first-order valence-electron chi connectivity index (χ1n) is 11.6. The SMILES string of the molecule is CCNC(=NCc1cccc(NC(=O)C2CCC2)c1)NCC1(C(=O)N(C)C)CCCC1. The number of guanidine groups is 1. The average Bonchev–Trinajstić information content (AvgIpc) is 3.18. The summed E-state index contributed by atoms with van der Waals surface area (Å²) in [6.07, 6.45) is 7.14. The van der Waals surface area contributed by atoms with Gasteiger partial charge in [0.15, 0.2) is 5.96 Å². The van der Waals surface area contributed by atoms with Crippen molar-refractivity contribution in [1.29, 1.82) is 0 Å². The molecule has 31 heavy (non-hydrogen) atoms. The molecule has 2 saturated carbocycles. The second-order valence-corrected chi connectivity index (χ2v) is 9.05. The van der Waals surface area contributed by atoms with Crippen LogP contribution in [0.1, 0.15) is 57.4 Å². The van der Waals surface area contributed by atoms with Gasteiger partial charge in [-0.05, 0) is 50.3 Å². The molecule has 0 heterocycles. The Kier molecular flexibility index (Phi) is 7.93. The Morgan fingerprint density at radius 2 is 1.87 bits per heavy atom. The number of hydrogen-bond donors (Lipinski definition) is 3. The molecule has 0 saturated heterocycles. The monoisotopic (exact) mass is 427 g/mol. The minimum Gasteiger partial charge on any atom is -0.357 e. The van der Waals surface area contributed by atoms with E-state index >= 15 is 0 Å². The molecular weight excluding hydrogens is 390 g/mol. The van der Waals surface area contributed by atoms with Gasteiger partial charge in [-0.2, -0.15) is 0 Å². The number of benzene rings is 1. The lowest BCUT2D eigenvalue weighted by molar-refractivity contribution is -0.138. The predicted octanol–water partition coefficient (Wildman–Crippen LogP) is 3.13. The van der Waals surface area contributed by atoms with Crippen LogP contribution >= 0.6 is 0 Å². The van der Waals surface area contributed by atoms with Crippen LogP contribution in [-0.4, -0.2) is 49.9 Å². The van der Waals surface area contributed by atoms with Crippen molar-refractivity contribution in [2.24, 2.45) is 16.3 Å². The molecule has 0 atom stereocenters. The Bertz CT molecular complexity index is 795. The van der Waals surface area contributed by atoms with Crippen molar-refractivity contribution in [3.63, 3.8) is 0 Å². The lowest BCUT2D eigenvalue weighted by Gasteiger charge is -2.31. The van der Waals surface area contributed by atoms with Gasteiger partial charge in [0.1, 0.15) is 0 Å². The van der Waals surface area contributed by atoms with Crippen LogP contribution in [0, 0.1) is 11.3 Å². The zero-order chi connectivity index (χ0) is 22.3. The molecule has 1 aromatic rings. The number of carbonyl (C=O) groups is 2. The maximum absolute atomic E-state index is 12.8. The number of nitrogens with zero attached hydrogens (tertiary/aromatic N) is 2. The average molecular weight is 428 g/mol. The van der Waals surface area contributed by atoms with E-state index in [4.69, 9.17) is 4.99 Å². The van der Waals surface area contributed by atoms with Gasteiger partial charge in [-0.3, -0.25) is 9.59 Å². The van der Waals surface area contributed by atoms with Crippen LogP contribution in [0.4, 0.5) is 5.69 Å². The van der Waals surface area contributed by atoms with Crippen molar-refractivity contribution in [2.75, 3.05) is 32.5 Å². The molecule has 0 bridgehead atoms. The normalized spacial score (nSPS) is 18.2. The topological polar surface area (TPSA) is 85.8 Å². The highest BCUT2D eigenvalue weighted by atomic mass is 16.2. The minimum absolute atomic E-state index is 0.120. The fourth-order valence-corrected chi connectivity index (χ4v) is 4.42. The number of carbonyl (C=O) groups excluding carboxylic acids is 2. The number of amides is 2. The number of nitrogens with one attached hydrogen (secondary N) is 3. The lowest BCUT2D eigenvalue weighted by Crippen LogP contribution is -2.49. The molecule has 0 spiro atoms. The summed E-state index contributed by atoms with van der Waals surface area (Å²) in [6, 6.07) is 7.87. The van der Waals surface area contributed by atoms with E-state index in [-0.39, 0.29) is 23.1 Å². The number of hydrogen-bond acceptors (Lipinski definition) is 3. The van der Waals surface area contributed by atoms with E-state index < -0.39 is 0 Å². The standard InChI is InChI=1S/C24H37N5O2/c1-4-25-23(27-17-24(13-5-6-14-24)22(31)29(2)3)26-16-18-9-7-12-20(15-18)28-21(30)19-10-8-11-19/h7,9,12,15,19H,4-6,8,10-11,13-14,16-17H2,1-3H3,(H,28,30)(H2,25,26,27). The van der Waals surface area contributed by atoms with Crippen LogP contribution in [-0.2, 0) is 16.1 Å². The third kappa shape index (κ3) is 5.99. The fourth-order valence-electron chi connectivity index (χ4n) is 4.42. The molecule has 2 amide bonds. The molecule has 7 nitrogen and oxygen atoms in total. The Morgan fingerprint density at radius 3 is 2.48 bits per heavy atom. The van der Waals surface area contributed by atoms with Crippen molar-refractivity contribution in [3.05, 3.63) is 29.8 Å². The Hall–Kier alpha value is -2.57. The minimum atomic E-state index is -0.342. The summed E-state index contributed by atoms with van der Waals surface area (Å²) >= 11 is 0. The maximum Gasteiger partial charge on any atom is 0.230 e. The number of anilines is 1. The third-order valence-electron chi connectivity index (χ3n) is 6.45. The van der Waals surface area contributed by atoms with Gasteiger partial charge < -0.3 is 20.9 Å². The maximum atomic E-state index is 12.8. The van der Waals surface area contributed by atoms with Crippen LogP contribution in [0.3, 0.4) is 0 Å². The van der Waals surface area contributed by atoms with Crippen LogP contribution in [0.5, 0.6) is 0 Å². The van der Waals surface area contributed by atoms with Gasteiger partial charge in [0.2, 0.25) is 11.8 Å². The molecule has 170 valence electrons. The van der Waals surface area contributed by atoms with Gasteiger partial charge in [-0.1, -0.05) is 31.4 Å². The molecule has 2 aliphatic carbocycles. The van der Waals surface area contributed by atoms with Gasteiger partial charge in [-0.15, -0.1) is 0 Å². The highest BCUT2D eigenvalue weighted by Crippen LogP contribution is 2.38. The van der Waals surface area contributed by atoms with Gasteiger partial charge in [0, 0.05) is 38.8 Å². The summed E-state index contributed by atoms with van der Waals surface area (Å²) in [5.74, 6) is 1.20. The van der Waals surface area contributed by atoms with E-state index in [1.807, 2.05) is 45.3 Å². The van der Waals surface area contributed by atoms with Crippen LogP contribution in [0.15, 0.2) is 29.3 Å². The summed E-state index contributed by atoms with van der Waals surface area (Å²) < 4.78 is 0. The van der Waals surface area contributed by atoms with E-state index in [1.165, 1.54) is 0 Å². The van der Waals surface area contributed by atoms with Gasteiger partial charge in [0.05, 0.1) is 12.0 Å². The quantitative estimate of drug-likeness (QED) is 0.439. The van der Waals surface area contributed by atoms with Crippen LogP contribution in [0.25, 0.3) is 0 Å². The van der Waals surface area contributed by atoms with E-state index in [0.29, 0.717) is 19.0 Å². The smallest absolute Gasteiger partial charge is 0.230 e. The van der Waals surface area contributed by atoms with Crippen molar-refractivity contribution in [2.45, 2.75) is 58.4 Å².